The molecule has 0 unspecified atom stereocenters. The normalized spacial score (nSPS) is 11.0. The molecule has 0 radical (unpaired) electrons. The molecule has 0 saturated carbocycles. The summed E-state index contributed by atoms with van der Waals surface area (Å²) in [6, 6.07) is 28.4. The summed E-state index contributed by atoms with van der Waals surface area (Å²) in [6.07, 6.45) is 0. The molecule has 170 valence electrons. The number of rotatable bonds is 7. The number of halogens is 2. The molecule has 0 bridgehead atoms. The van der Waals surface area contributed by atoms with Crippen LogP contribution in [0.15, 0.2) is 84.9 Å². The molecule has 0 aliphatic rings. The summed E-state index contributed by atoms with van der Waals surface area (Å²) in [5.41, 5.74) is 6.45. The number of hydrogen-bond acceptors (Lipinski definition) is 4. The lowest BCUT2D eigenvalue weighted by molar-refractivity contribution is 0.306. The molecule has 1 heterocycles. The maximum Gasteiger partial charge on any atom is 0.156 e. The van der Waals surface area contributed by atoms with E-state index >= 15 is 0 Å². The highest BCUT2D eigenvalue weighted by Gasteiger charge is 2.11. The first kappa shape index (κ1) is 22.7. The molecule has 0 fully saturated rings. The van der Waals surface area contributed by atoms with Crippen LogP contribution in [-0.4, -0.2) is 4.98 Å². The second kappa shape index (κ2) is 10.1. The van der Waals surface area contributed by atoms with Crippen molar-refractivity contribution in [3.63, 3.8) is 0 Å². The van der Waals surface area contributed by atoms with E-state index in [-0.39, 0.29) is 0 Å². The van der Waals surface area contributed by atoms with Crippen molar-refractivity contribution >= 4 is 50.4 Å². The molecule has 34 heavy (non-hydrogen) atoms. The van der Waals surface area contributed by atoms with E-state index in [1.807, 2.05) is 42.5 Å². The maximum atomic E-state index is 6.47. The lowest BCUT2D eigenvalue weighted by atomic mass is 10.2. The Kier molecular flexibility index (Phi) is 6.73. The summed E-state index contributed by atoms with van der Waals surface area (Å²) in [5, 5.41) is 5.46. The average Bonchev–Trinajstić information content (AvgIpc) is 3.26. The molecule has 0 aliphatic heterocycles. The van der Waals surface area contributed by atoms with Crippen LogP contribution in [0.5, 0.6) is 5.75 Å². The summed E-state index contributed by atoms with van der Waals surface area (Å²) < 4.78 is 7.08. The number of benzene rings is 4. The Balaban J connectivity index is 1.23. The Morgan fingerprint density at radius 3 is 2.32 bits per heavy atom. The van der Waals surface area contributed by atoms with Gasteiger partial charge in [0, 0.05) is 17.8 Å². The fourth-order valence-electron chi connectivity index (χ4n) is 3.67. The molecule has 0 amide bonds. The third kappa shape index (κ3) is 5.20. The quantitative estimate of drug-likeness (QED) is 0.240. The van der Waals surface area contributed by atoms with Gasteiger partial charge in [-0.15, -0.1) is 11.3 Å². The smallest absolute Gasteiger partial charge is 0.156 e. The lowest BCUT2D eigenvalue weighted by Crippen LogP contribution is -2.01. The van der Waals surface area contributed by atoms with Gasteiger partial charge in [-0.25, -0.2) is 4.98 Å². The highest BCUT2D eigenvalue weighted by molar-refractivity contribution is 7.21. The van der Waals surface area contributed by atoms with E-state index in [4.69, 9.17) is 32.9 Å². The minimum Gasteiger partial charge on any atom is -0.486 e. The number of ether oxygens (including phenoxy) is 1. The number of thiazole rings is 1. The fraction of sp³-hybridized carbons (Fsp3) is 0.107. The average molecular weight is 505 g/mol. The Hall–Kier alpha value is -3.05. The number of anilines is 1. The first-order valence-electron chi connectivity index (χ1n) is 10.9. The van der Waals surface area contributed by atoms with Gasteiger partial charge >= 0.3 is 0 Å². The first-order chi connectivity index (χ1) is 16.5. The molecule has 1 N–H and O–H groups in total. The van der Waals surface area contributed by atoms with Crippen LogP contribution in [0, 0.1) is 6.92 Å². The minimum atomic E-state index is 0.415. The molecule has 5 aromatic rings. The molecule has 4 aromatic carbocycles. The standard InChI is InChI=1S/C28H22Cl2N2OS/c1-18-7-12-25-26(13-18)34-28(32-25)21-8-10-22(11-9-21)31-16-20-14-23(29)27(24(30)15-20)33-17-19-5-3-2-4-6-19/h2-15,31H,16-17H2,1H3. The van der Waals surface area contributed by atoms with Gasteiger partial charge in [-0.2, -0.15) is 0 Å². The second-order valence-electron chi connectivity index (χ2n) is 8.08. The topological polar surface area (TPSA) is 34.2 Å². The first-order valence-corrected chi connectivity index (χ1v) is 12.5. The van der Waals surface area contributed by atoms with Crippen molar-refractivity contribution in [2.24, 2.45) is 0 Å². The van der Waals surface area contributed by atoms with Crippen LogP contribution in [0.25, 0.3) is 20.8 Å². The van der Waals surface area contributed by atoms with Gasteiger partial charge in [-0.05, 0) is 72.1 Å². The molecule has 0 aliphatic carbocycles. The number of nitrogens with zero attached hydrogens (tertiary/aromatic N) is 1. The van der Waals surface area contributed by atoms with Crippen molar-refractivity contribution in [1.82, 2.24) is 4.98 Å². The van der Waals surface area contributed by atoms with E-state index in [9.17, 15) is 0 Å². The highest BCUT2D eigenvalue weighted by Crippen LogP contribution is 2.35. The van der Waals surface area contributed by atoms with Gasteiger partial charge in [0.1, 0.15) is 11.6 Å². The zero-order valence-corrected chi connectivity index (χ0v) is 20.8. The molecule has 0 atom stereocenters. The van der Waals surface area contributed by atoms with E-state index in [0.717, 1.165) is 32.9 Å². The number of nitrogens with one attached hydrogen (secondary N) is 1. The molecular weight excluding hydrogens is 483 g/mol. The van der Waals surface area contributed by atoms with Gasteiger partial charge in [-0.1, -0.05) is 59.6 Å². The van der Waals surface area contributed by atoms with Crippen LogP contribution in [0.1, 0.15) is 16.7 Å². The van der Waals surface area contributed by atoms with Gasteiger partial charge in [-0.3, -0.25) is 0 Å². The van der Waals surface area contributed by atoms with Gasteiger partial charge in [0.2, 0.25) is 0 Å². The number of aryl methyl sites for hydroxylation is 1. The Morgan fingerprint density at radius 1 is 0.853 bits per heavy atom. The number of aromatic nitrogens is 1. The third-order valence-electron chi connectivity index (χ3n) is 5.46. The molecule has 5 rings (SSSR count). The Labute approximate surface area is 213 Å². The van der Waals surface area contributed by atoms with Gasteiger partial charge < -0.3 is 10.1 Å². The van der Waals surface area contributed by atoms with Crippen molar-refractivity contribution in [3.05, 3.63) is 112 Å². The zero-order chi connectivity index (χ0) is 23.5. The summed E-state index contributed by atoms with van der Waals surface area (Å²) in [5.74, 6) is 0.506. The largest absolute Gasteiger partial charge is 0.486 e. The fourth-order valence-corrected chi connectivity index (χ4v) is 5.38. The van der Waals surface area contributed by atoms with Crippen molar-refractivity contribution in [2.45, 2.75) is 20.1 Å². The summed E-state index contributed by atoms with van der Waals surface area (Å²) >= 11 is 14.7. The van der Waals surface area contributed by atoms with Crippen LogP contribution in [0.2, 0.25) is 10.0 Å². The summed E-state index contributed by atoms with van der Waals surface area (Å²) in [6.45, 7) is 3.11. The van der Waals surface area contributed by atoms with E-state index in [1.165, 1.54) is 10.3 Å². The number of fused-ring (bicyclic) bond motifs is 1. The summed E-state index contributed by atoms with van der Waals surface area (Å²) in [4.78, 5) is 4.77. The highest BCUT2D eigenvalue weighted by atomic mass is 35.5. The van der Waals surface area contributed by atoms with Crippen LogP contribution < -0.4 is 10.1 Å². The zero-order valence-electron chi connectivity index (χ0n) is 18.5. The number of hydrogen-bond donors (Lipinski definition) is 1. The van der Waals surface area contributed by atoms with E-state index in [2.05, 4.69) is 54.7 Å². The second-order valence-corrected chi connectivity index (χ2v) is 9.93. The minimum absolute atomic E-state index is 0.415. The van der Waals surface area contributed by atoms with E-state index in [1.54, 1.807) is 11.3 Å². The molecule has 6 heteroatoms. The van der Waals surface area contributed by atoms with Crippen LogP contribution in [0.3, 0.4) is 0 Å². The third-order valence-corrected chi connectivity index (χ3v) is 7.09. The van der Waals surface area contributed by atoms with Crippen molar-refractivity contribution in [1.29, 1.82) is 0 Å². The molecular formula is C28H22Cl2N2OS. The molecule has 3 nitrogen and oxygen atoms in total. The molecule has 1 aromatic heterocycles. The SMILES string of the molecule is Cc1ccc2nc(-c3ccc(NCc4cc(Cl)c(OCc5ccccc5)c(Cl)c4)cc3)sc2c1. The van der Waals surface area contributed by atoms with E-state index < -0.39 is 0 Å². The molecule has 0 saturated heterocycles. The predicted octanol–water partition coefficient (Wildman–Crippen LogP) is 8.77. The lowest BCUT2D eigenvalue weighted by Gasteiger charge is -2.13. The maximum absolute atomic E-state index is 6.47. The van der Waals surface area contributed by atoms with Crippen molar-refractivity contribution < 1.29 is 4.74 Å². The van der Waals surface area contributed by atoms with Gasteiger partial charge in [0.05, 0.1) is 20.3 Å². The van der Waals surface area contributed by atoms with Crippen molar-refractivity contribution in [3.8, 4) is 16.3 Å². The molecule has 0 spiro atoms. The van der Waals surface area contributed by atoms with Gasteiger partial charge in [0.25, 0.3) is 0 Å². The Bertz CT molecular complexity index is 1410. The van der Waals surface area contributed by atoms with Crippen LogP contribution in [0.4, 0.5) is 5.69 Å². The van der Waals surface area contributed by atoms with Gasteiger partial charge in [0.15, 0.2) is 5.75 Å². The Morgan fingerprint density at radius 2 is 1.59 bits per heavy atom. The summed E-state index contributed by atoms with van der Waals surface area (Å²) in [7, 11) is 0. The van der Waals surface area contributed by atoms with Crippen LogP contribution in [-0.2, 0) is 13.2 Å². The van der Waals surface area contributed by atoms with Crippen molar-refractivity contribution in [2.75, 3.05) is 5.32 Å². The van der Waals surface area contributed by atoms with Crippen LogP contribution >= 0.6 is 34.5 Å². The predicted molar refractivity (Wildman–Crippen MR) is 144 cm³/mol. The monoisotopic (exact) mass is 504 g/mol. The van der Waals surface area contributed by atoms with E-state index in [0.29, 0.717) is 28.9 Å².